The van der Waals surface area contributed by atoms with Gasteiger partial charge < -0.3 is 14.5 Å². The topological polar surface area (TPSA) is 64.6 Å². The molecule has 0 spiro atoms. The van der Waals surface area contributed by atoms with Gasteiger partial charge in [-0.1, -0.05) is 32.0 Å². The molecule has 1 N–H and O–H groups in total. The van der Waals surface area contributed by atoms with Crippen LogP contribution in [-0.4, -0.2) is 33.8 Å². The largest absolute Gasteiger partial charge is 0.472 e. The zero-order valence-corrected chi connectivity index (χ0v) is 15.8. The van der Waals surface area contributed by atoms with E-state index in [4.69, 9.17) is 9.15 Å². The number of ether oxygens (including phenoxy) is 1. The maximum atomic E-state index is 5.97. The summed E-state index contributed by atoms with van der Waals surface area (Å²) in [4.78, 5) is 4.43. The Balaban J connectivity index is 1.57. The van der Waals surface area contributed by atoms with Crippen LogP contribution < -0.4 is 10.1 Å². The first kappa shape index (κ1) is 17.5. The lowest BCUT2D eigenvalue weighted by atomic mass is 10.2. The van der Waals surface area contributed by atoms with E-state index in [1.807, 2.05) is 49.4 Å². The Hall–Kier alpha value is -2.86. The Morgan fingerprint density at radius 3 is 2.78 bits per heavy atom. The van der Waals surface area contributed by atoms with Crippen LogP contribution in [0.5, 0.6) is 5.88 Å². The van der Waals surface area contributed by atoms with E-state index < -0.39 is 0 Å². The number of fused-ring (bicyclic) bond motifs is 2. The monoisotopic (exact) mass is 364 g/mol. The van der Waals surface area contributed by atoms with Gasteiger partial charge in [0.2, 0.25) is 5.88 Å². The fourth-order valence-corrected chi connectivity index (χ4v) is 3.02. The number of benzene rings is 1. The average Bonchev–Trinajstić information content (AvgIpc) is 3.24. The third-order valence-corrected chi connectivity index (χ3v) is 4.32. The SMILES string of the molecule is CC(C)CNCC(C)Oc1ccc2ncc(-c3cc4ccccc4o3)n2n1. The molecule has 4 rings (SSSR count). The lowest BCUT2D eigenvalue weighted by molar-refractivity contribution is 0.204. The fraction of sp³-hybridized carbons (Fsp3) is 0.333. The molecule has 0 aliphatic carbocycles. The first-order valence-corrected chi connectivity index (χ1v) is 9.31. The van der Waals surface area contributed by atoms with Crippen molar-refractivity contribution in [1.29, 1.82) is 0 Å². The number of nitrogens with one attached hydrogen (secondary N) is 1. The molecule has 6 nitrogen and oxygen atoms in total. The summed E-state index contributed by atoms with van der Waals surface area (Å²) < 4.78 is 13.7. The first-order chi connectivity index (χ1) is 13.1. The van der Waals surface area contributed by atoms with E-state index in [-0.39, 0.29) is 6.10 Å². The molecule has 0 amide bonds. The summed E-state index contributed by atoms with van der Waals surface area (Å²) in [6.07, 6.45) is 1.80. The van der Waals surface area contributed by atoms with Gasteiger partial charge >= 0.3 is 0 Å². The van der Waals surface area contributed by atoms with Crippen LogP contribution in [0.15, 0.2) is 53.1 Å². The van der Waals surface area contributed by atoms with Gasteiger partial charge in [-0.2, -0.15) is 0 Å². The molecule has 0 bridgehead atoms. The van der Waals surface area contributed by atoms with Crippen LogP contribution in [0, 0.1) is 5.92 Å². The maximum Gasteiger partial charge on any atom is 0.232 e. The van der Waals surface area contributed by atoms with Crippen LogP contribution in [0.4, 0.5) is 0 Å². The van der Waals surface area contributed by atoms with Crippen molar-refractivity contribution >= 4 is 16.6 Å². The molecule has 0 saturated carbocycles. The van der Waals surface area contributed by atoms with Gasteiger partial charge in [0.25, 0.3) is 0 Å². The third-order valence-electron chi connectivity index (χ3n) is 4.32. The number of rotatable bonds is 7. The maximum absolute atomic E-state index is 5.97. The van der Waals surface area contributed by atoms with Crippen LogP contribution >= 0.6 is 0 Å². The van der Waals surface area contributed by atoms with Crippen molar-refractivity contribution in [2.75, 3.05) is 13.1 Å². The normalized spacial score (nSPS) is 12.9. The molecular weight excluding hydrogens is 340 g/mol. The molecule has 1 unspecified atom stereocenters. The highest BCUT2D eigenvalue weighted by molar-refractivity contribution is 5.82. The average molecular weight is 364 g/mol. The van der Waals surface area contributed by atoms with Crippen molar-refractivity contribution < 1.29 is 9.15 Å². The van der Waals surface area contributed by atoms with Crippen molar-refractivity contribution in [1.82, 2.24) is 19.9 Å². The van der Waals surface area contributed by atoms with Crippen LogP contribution in [0.3, 0.4) is 0 Å². The van der Waals surface area contributed by atoms with Crippen LogP contribution in [0.1, 0.15) is 20.8 Å². The van der Waals surface area contributed by atoms with E-state index in [1.165, 1.54) is 0 Å². The van der Waals surface area contributed by atoms with Gasteiger partial charge in [0, 0.05) is 18.0 Å². The summed E-state index contributed by atoms with van der Waals surface area (Å²) >= 11 is 0. The lowest BCUT2D eigenvalue weighted by Gasteiger charge is -2.15. The zero-order valence-electron chi connectivity index (χ0n) is 15.8. The Morgan fingerprint density at radius 2 is 1.96 bits per heavy atom. The van der Waals surface area contributed by atoms with Gasteiger partial charge in [0.15, 0.2) is 11.4 Å². The Morgan fingerprint density at radius 1 is 1.11 bits per heavy atom. The highest BCUT2D eigenvalue weighted by atomic mass is 16.5. The standard InChI is InChI=1S/C21H24N4O2/c1-14(2)11-22-12-15(3)26-21-9-8-20-23-13-17(25(20)24-21)19-10-16-6-4-5-7-18(16)27-19/h4-10,13-15,22H,11-12H2,1-3H3. The van der Waals surface area contributed by atoms with Crippen molar-refractivity contribution in [2.24, 2.45) is 5.92 Å². The number of imidazole rings is 1. The predicted molar refractivity (Wildman–Crippen MR) is 106 cm³/mol. The summed E-state index contributed by atoms with van der Waals surface area (Å²) in [5, 5.41) is 9.07. The van der Waals surface area contributed by atoms with E-state index in [0.717, 1.165) is 41.2 Å². The van der Waals surface area contributed by atoms with Crippen LogP contribution in [0.2, 0.25) is 0 Å². The van der Waals surface area contributed by atoms with Crippen molar-refractivity contribution in [3.05, 3.63) is 48.7 Å². The summed E-state index contributed by atoms with van der Waals surface area (Å²) in [5.74, 6) is 1.92. The number of nitrogens with zero attached hydrogens (tertiary/aromatic N) is 3. The number of hydrogen-bond donors (Lipinski definition) is 1. The molecule has 1 aromatic carbocycles. The molecule has 6 heteroatoms. The quantitative estimate of drug-likeness (QED) is 0.533. The number of furan rings is 1. The second kappa shape index (κ2) is 7.40. The lowest BCUT2D eigenvalue weighted by Crippen LogP contribution is -2.31. The number of aromatic nitrogens is 3. The molecular formula is C21H24N4O2. The van der Waals surface area contributed by atoms with E-state index in [2.05, 4.69) is 29.2 Å². The molecule has 0 radical (unpaired) electrons. The number of para-hydroxylation sites is 1. The van der Waals surface area contributed by atoms with Gasteiger partial charge in [-0.15, -0.1) is 5.10 Å². The minimum absolute atomic E-state index is 0.0203. The highest BCUT2D eigenvalue weighted by Crippen LogP contribution is 2.28. The van der Waals surface area contributed by atoms with E-state index in [1.54, 1.807) is 10.7 Å². The summed E-state index contributed by atoms with van der Waals surface area (Å²) in [6.45, 7) is 8.16. The molecule has 27 heavy (non-hydrogen) atoms. The second-order valence-corrected chi connectivity index (χ2v) is 7.21. The van der Waals surface area contributed by atoms with Crippen LogP contribution in [-0.2, 0) is 0 Å². The van der Waals surface area contributed by atoms with E-state index in [9.17, 15) is 0 Å². The highest BCUT2D eigenvalue weighted by Gasteiger charge is 2.14. The molecule has 0 fully saturated rings. The van der Waals surface area contributed by atoms with Gasteiger partial charge in [-0.25, -0.2) is 9.50 Å². The molecule has 3 aromatic heterocycles. The molecule has 0 aliphatic heterocycles. The molecule has 4 aromatic rings. The minimum atomic E-state index is 0.0203. The smallest absolute Gasteiger partial charge is 0.232 e. The Kier molecular flexibility index (Phi) is 4.81. The Labute approximate surface area is 158 Å². The molecule has 140 valence electrons. The van der Waals surface area contributed by atoms with Crippen molar-refractivity contribution in [2.45, 2.75) is 26.9 Å². The number of hydrogen-bond acceptors (Lipinski definition) is 5. The fourth-order valence-electron chi connectivity index (χ4n) is 3.02. The predicted octanol–water partition coefficient (Wildman–Crippen LogP) is 4.16. The van der Waals surface area contributed by atoms with Gasteiger partial charge in [0.05, 0.1) is 6.20 Å². The molecule has 0 aliphatic rings. The first-order valence-electron chi connectivity index (χ1n) is 9.31. The summed E-state index contributed by atoms with van der Waals surface area (Å²) in [6, 6.07) is 13.7. The third kappa shape index (κ3) is 3.80. The van der Waals surface area contributed by atoms with Gasteiger partial charge in [-0.05, 0) is 37.6 Å². The van der Waals surface area contributed by atoms with Crippen molar-refractivity contribution in [3.63, 3.8) is 0 Å². The molecule has 3 heterocycles. The van der Waals surface area contributed by atoms with E-state index >= 15 is 0 Å². The van der Waals surface area contributed by atoms with Crippen LogP contribution in [0.25, 0.3) is 28.1 Å². The minimum Gasteiger partial charge on any atom is -0.472 e. The van der Waals surface area contributed by atoms with Gasteiger partial charge in [0.1, 0.15) is 17.4 Å². The molecule has 0 saturated heterocycles. The zero-order chi connectivity index (χ0) is 18.8. The van der Waals surface area contributed by atoms with Gasteiger partial charge in [-0.3, -0.25) is 0 Å². The summed E-state index contributed by atoms with van der Waals surface area (Å²) in [5.41, 5.74) is 2.40. The van der Waals surface area contributed by atoms with Crippen molar-refractivity contribution in [3.8, 4) is 17.3 Å². The molecule has 1 atom stereocenters. The summed E-state index contributed by atoms with van der Waals surface area (Å²) in [7, 11) is 0. The Bertz CT molecular complexity index is 1020. The second-order valence-electron chi connectivity index (χ2n) is 7.21. The van der Waals surface area contributed by atoms with E-state index in [0.29, 0.717) is 11.8 Å².